The number of hydrogen-bond donors (Lipinski definition) is 2. The van der Waals surface area contributed by atoms with Crippen LogP contribution in [0.1, 0.15) is 24.0 Å². The quantitative estimate of drug-likeness (QED) is 0.623. The molecule has 3 rings (SSSR count). The van der Waals surface area contributed by atoms with E-state index >= 15 is 0 Å². The van der Waals surface area contributed by atoms with Crippen LogP contribution in [0.3, 0.4) is 0 Å². The Labute approximate surface area is 179 Å². The van der Waals surface area contributed by atoms with Crippen LogP contribution in [0.5, 0.6) is 11.5 Å². The third-order valence-corrected chi connectivity index (χ3v) is 5.44. The van der Waals surface area contributed by atoms with Crippen LogP contribution in [0.15, 0.2) is 48.5 Å². The maximum atomic E-state index is 10.4. The van der Waals surface area contributed by atoms with Gasteiger partial charge >= 0.3 is 0 Å². The predicted octanol–water partition coefficient (Wildman–Crippen LogP) is 2.52. The maximum absolute atomic E-state index is 10.4. The summed E-state index contributed by atoms with van der Waals surface area (Å²) in [4.78, 5) is 4.42. The Bertz CT molecular complexity index is 763. The molecule has 1 saturated heterocycles. The van der Waals surface area contributed by atoms with Gasteiger partial charge in [0.2, 0.25) is 0 Å². The first-order valence-corrected chi connectivity index (χ1v) is 10.6. The fraction of sp³-hybridized carbons (Fsp3) is 0.500. The van der Waals surface area contributed by atoms with Gasteiger partial charge in [0.1, 0.15) is 12.7 Å². The minimum atomic E-state index is -0.601. The molecule has 1 fully saturated rings. The first kappa shape index (κ1) is 22.6. The van der Waals surface area contributed by atoms with Crippen molar-refractivity contribution in [2.24, 2.45) is 0 Å². The Morgan fingerprint density at radius 2 is 1.80 bits per heavy atom. The second-order valence-electron chi connectivity index (χ2n) is 8.14. The number of methoxy groups -OCH3 is 1. The van der Waals surface area contributed by atoms with E-state index in [1.165, 1.54) is 5.56 Å². The van der Waals surface area contributed by atoms with Crippen molar-refractivity contribution in [1.29, 1.82) is 0 Å². The third kappa shape index (κ3) is 6.99. The minimum absolute atomic E-state index is 0.169. The van der Waals surface area contributed by atoms with E-state index in [1.807, 2.05) is 43.4 Å². The Balaban J connectivity index is 1.51. The van der Waals surface area contributed by atoms with E-state index in [0.717, 1.165) is 44.6 Å². The average molecular weight is 415 g/mol. The van der Waals surface area contributed by atoms with E-state index < -0.39 is 6.10 Å². The Kier molecular flexibility index (Phi) is 8.51. The monoisotopic (exact) mass is 414 g/mol. The molecular formula is C24H34N2O4. The van der Waals surface area contributed by atoms with E-state index in [-0.39, 0.29) is 12.7 Å². The number of ether oxygens (including phenoxy) is 2. The Morgan fingerprint density at radius 1 is 1.07 bits per heavy atom. The molecule has 2 N–H and O–H groups in total. The summed E-state index contributed by atoms with van der Waals surface area (Å²) in [7, 11) is 3.62. The van der Waals surface area contributed by atoms with Crippen molar-refractivity contribution in [3.8, 4) is 11.5 Å². The molecule has 2 aromatic carbocycles. The average Bonchev–Trinajstić information content (AvgIpc) is 2.74. The van der Waals surface area contributed by atoms with Crippen molar-refractivity contribution < 1.29 is 19.7 Å². The summed E-state index contributed by atoms with van der Waals surface area (Å²) in [5.41, 5.74) is 2.35. The predicted molar refractivity (Wildman–Crippen MR) is 118 cm³/mol. The van der Waals surface area contributed by atoms with Gasteiger partial charge < -0.3 is 19.7 Å². The van der Waals surface area contributed by atoms with Gasteiger partial charge in [-0.1, -0.05) is 36.4 Å². The van der Waals surface area contributed by atoms with E-state index in [9.17, 15) is 10.2 Å². The molecule has 2 aromatic rings. The van der Waals surface area contributed by atoms with Crippen LogP contribution in [0, 0.1) is 0 Å². The van der Waals surface area contributed by atoms with Gasteiger partial charge in [-0.25, -0.2) is 0 Å². The lowest BCUT2D eigenvalue weighted by Gasteiger charge is -2.29. The Morgan fingerprint density at radius 3 is 2.50 bits per heavy atom. The highest BCUT2D eigenvalue weighted by Gasteiger charge is 2.18. The second kappa shape index (κ2) is 11.3. The van der Waals surface area contributed by atoms with Gasteiger partial charge in [0.25, 0.3) is 0 Å². The molecule has 1 aliphatic rings. The van der Waals surface area contributed by atoms with E-state index in [1.54, 1.807) is 7.11 Å². The molecule has 0 amide bonds. The summed E-state index contributed by atoms with van der Waals surface area (Å²) in [6.45, 7) is 4.12. The lowest BCUT2D eigenvalue weighted by atomic mass is 10.1. The normalized spacial score (nSPS) is 16.6. The van der Waals surface area contributed by atoms with Crippen molar-refractivity contribution in [2.75, 3.05) is 40.4 Å². The van der Waals surface area contributed by atoms with Crippen molar-refractivity contribution in [3.05, 3.63) is 59.7 Å². The molecule has 0 spiro atoms. The molecule has 0 unspecified atom stereocenters. The SMILES string of the molecule is COc1ccc(CN2CCC(O)CC2)cc1OC[C@H](O)CN(C)Cc1ccccc1. The first-order valence-electron chi connectivity index (χ1n) is 10.6. The standard InChI is InChI=1S/C24H34N2O4/c1-25(15-19-6-4-3-5-7-19)17-22(28)18-30-24-14-20(8-9-23(24)29-2)16-26-12-10-21(27)11-13-26/h3-9,14,21-22,27-28H,10-13,15-18H2,1-2H3/t22-/m1/s1. The zero-order chi connectivity index (χ0) is 21.3. The smallest absolute Gasteiger partial charge is 0.161 e. The second-order valence-corrected chi connectivity index (χ2v) is 8.14. The summed E-state index contributed by atoms with van der Waals surface area (Å²) in [6, 6.07) is 16.2. The topological polar surface area (TPSA) is 65.4 Å². The molecule has 1 heterocycles. The number of aliphatic hydroxyl groups is 2. The largest absolute Gasteiger partial charge is 0.493 e. The lowest BCUT2D eigenvalue weighted by Crippen LogP contribution is -2.35. The van der Waals surface area contributed by atoms with Crippen LogP contribution in [-0.2, 0) is 13.1 Å². The van der Waals surface area contributed by atoms with Gasteiger partial charge in [0.05, 0.1) is 13.2 Å². The van der Waals surface area contributed by atoms with Crippen LogP contribution >= 0.6 is 0 Å². The van der Waals surface area contributed by atoms with Crippen LogP contribution in [-0.4, -0.2) is 72.6 Å². The van der Waals surface area contributed by atoms with Gasteiger partial charge in [0, 0.05) is 32.7 Å². The van der Waals surface area contributed by atoms with Gasteiger partial charge in [-0.2, -0.15) is 0 Å². The van der Waals surface area contributed by atoms with Crippen LogP contribution in [0.4, 0.5) is 0 Å². The molecule has 0 saturated carbocycles. The number of rotatable bonds is 10. The molecule has 164 valence electrons. The Hall–Kier alpha value is -2.12. The molecule has 1 aliphatic heterocycles. The molecule has 0 aromatic heterocycles. The van der Waals surface area contributed by atoms with Crippen LogP contribution in [0.2, 0.25) is 0 Å². The molecule has 1 atom stereocenters. The highest BCUT2D eigenvalue weighted by Crippen LogP contribution is 2.29. The number of likely N-dealkylation sites (N-methyl/N-ethyl adjacent to an activating group) is 1. The van der Waals surface area contributed by atoms with E-state index in [2.05, 4.69) is 21.9 Å². The number of piperidine rings is 1. The van der Waals surface area contributed by atoms with E-state index in [0.29, 0.717) is 18.0 Å². The highest BCUT2D eigenvalue weighted by molar-refractivity contribution is 5.43. The van der Waals surface area contributed by atoms with Crippen LogP contribution in [0.25, 0.3) is 0 Å². The molecule has 0 aliphatic carbocycles. The number of nitrogens with zero attached hydrogens (tertiary/aromatic N) is 2. The fourth-order valence-electron chi connectivity index (χ4n) is 3.83. The molecule has 30 heavy (non-hydrogen) atoms. The van der Waals surface area contributed by atoms with E-state index in [4.69, 9.17) is 9.47 Å². The van der Waals surface area contributed by atoms with Crippen molar-refractivity contribution >= 4 is 0 Å². The van der Waals surface area contributed by atoms with Gasteiger partial charge in [-0.15, -0.1) is 0 Å². The summed E-state index contributed by atoms with van der Waals surface area (Å²) in [5, 5.41) is 20.1. The summed E-state index contributed by atoms with van der Waals surface area (Å²) in [6.07, 6.45) is 0.873. The van der Waals surface area contributed by atoms with Crippen molar-refractivity contribution in [2.45, 2.75) is 38.1 Å². The van der Waals surface area contributed by atoms with Gasteiger partial charge in [-0.3, -0.25) is 9.80 Å². The first-order chi connectivity index (χ1) is 14.5. The molecule has 0 radical (unpaired) electrons. The summed E-state index contributed by atoms with van der Waals surface area (Å²) >= 11 is 0. The van der Waals surface area contributed by atoms with Crippen LogP contribution < -0.4 is 9.47 Å². The maximum Gasteiger partial charge on any atom is 0.161 e. The third-order valence-electron chi connectivity index (χ3n) is 5.44. The fourth-order valence-corrected chi connectivity index (χ4v) is 3.83. The highest BCUT2D eigenvalue weighted by atomic mass is 16.5. The molecular weight excluding hydrogens is 380 g/mol. The lowest BCUT2D eigenvalue weighted by molar-refractivity contribution is 0.0729. The van der Waals surface area contributed by atoms with Crippen molar-refractivity contribution in [3.63, 3.8) is 0 Å². The zero-order valence-electron chi connectivity index (χ0n) is 18.0. The minimum Gasteiger partial charge on any atom is -0.493 e. The number of likely N-dealkylation sites (tertiary alicyclic amines) is 1. The molecule has 6 heteroatoms. The molecule has 6 nitrogen and oxygen atoms in total. The number of benzene rings is 2. The van der Waals surface area contributed by atoms with Gasteiger partial charge in [-0.05, 0) is 43.1 Å². The number of aliphatic hydroxyl groups excluding tert-OH is 2. The number of hydrogen-bond acceptors (Lipinski definition) is 6. The van der Waals surface area contributed by atoms with Crippen molar-refractivity contribution in [1.82, 2.24) is 9.80 Å². The van der Waals surface area contributed by atoms with Gasteiger partial charge in [0.15, 0.2) is 11.5 Å². The summed E-state index contributed by atoms with van der Waals surface area (Å²) < 4.78 is 11.4. The molecule has 0 bridgehead atoms. The zero-order valence-corrected chi connectivity index (χ0v) is 18.0. The summed E-state index contributed by atoms with van der Waals surface area (Å²) in [5.74, 6) is 1.31.